The summed E-state index contributed by atoms with van der Waals surface area (Å²) in [5, 5.41) is 5.00. The van der Waals surface area contributed by atoms with E-state index in [9.17, 15) is 0 Å². The summed E-state index contributed by atoms with van der Waals surface area (Å²) in [7, 11) is 0. The summed E-state index contributed by atoms with van der Waals surface area (Å²) in [4.78, 5) is 6.60. The Morgan fingerprint density at radius 2 is 1.94 bits per heavy atom. The van der Waals surface area contributed by atoms with Crippen molar-refractivity contribution in [1.29, 1.82) is 0 Å². The predicted octanol–water partition coefficient (Wildman–Crippen LogP) is 6.41. The van der Waals surface area contributed by atoms with Gasteiger partial charge in [-0.2, -0.15) is 0 Å². The van der Waals surface area contributed by atoms with Gasteiger partial charge in [0, 0.05) is 11.8 Å². The number of aromatic nitrogens is 1. The topological polar surface area (TPSA) is 54.4 Å². The molecule has 0 radical (unpaired) electrons. The van der Waals surface area contributed by atoms with Gasteiger partial charge in [-0.1, -0.05) is 29.3 Å². The molecule has 1 aromatic carbocycles. The van der Waals surface area contributed by atoms with Crippen LogP contribution in [0.2, 0.25) is 10.0 Å². The van der Waals surface area contributed by atoms with E-state index in [1.807, 2.05) is 48.5 Å². The van der Waals surface area contributed by atoms with E-state index in [4.69, 9.17) is 44.3 Å². The zero-order valence-electron chi connectivity index (χ0n) is 16.2. The molecule has 0 saturated carbocycles. The second-order valence-electron chi connectivity index (χ2n) is 7.16. The normalized spacial score (nSPS) is 18.4. The lowest BCUT2D eigenvalue weighted by molar-refractivity contribution is 0.253. The molecule has 0 bridgehead atoms. The second-order valence-corrected chi connectivity index (χ2v) is 8.37. The molecular weight excluding hydrogens is 453 g/mol. The number of furan rings is 2. The molecule has 1 fully saturated rings. The average molecular weight is 470 g/mol. The Balaban J connectivity index is 1.54. The molecule has 4 heterocycles. The summed E-state index contributed by atoms with van der Waals surface area (Å²) in [6.45, 7) is 0.510. The van der Waals surface area contributed by atoms with Crippen LogP contribution in [-0.4, -0.2) is 15.0 Å². The van der Waals surface area contributed by atoms with E-state index >= 15 is 0 Å². The second kappa shape index (κ2) is 8.38. The third-order valence-corrected chi connectivity index (χ3v) is 6.32. The highest BCUT2D eigenvalue weighted by atomic mass is 35.5. The maximum Gasteiger partial charge on any atom is 0.170 e. The fourth-order valence-electron chi connectivity index (χ4n) is 3.77. The van der Waals surface area contributed by atoms with Crippen molar-refractivity contribution in [3.8, 4) is 11.3 Å². The Morgan fingerprint density at radius 1 is 1.03 bits per heavy atom. The van der Waals surface area contributed by atoms with Crippen LogP contribution in [-0.2, 0) is 6.54 Å². The van der Waals surface area contributed by atoms with Gasteiger partial charge in [0.1, 0.15) is 23.3 Å². The lowest BCUT2D eigenvalue weighted by atomic mass is 10.0. The third-order valence-electron chi connectivity index (χ3n) is 5.23. The minimum Gasteiger partial charge on any atom is -0.467 e. The van der Waals surface area contributed by atoms with Gasteiger partial charge in [-0.3, -0.25) is 4.98 Å². The molecule has 3 aromatic heterocycles. The Bertz CT molecular complexity index is 1210. The van der Waals surface area contributed by atoms with Gasteiger partial charge in [-0.25, -0.2) is 0 Å². The highest BCUT2D eigenvalue weighted by Gasteiger charge is 2.42. The molecule has 0 spiro atoms. The molecule has 0 amide bonds. The van der Waals surface area contributed by atoms with E-state index in [1.165, 1.54) is 0 Å². The SMILES string of the molecule is S=C1N[C@H](c2ccccn2)[C@@H](c2ccc(-c3ccc(Cl)c(Cl)c3)o2)N1Cc1ccco1. The molecule has 2 atom stereocenters. The number of hydrogen-bond acceptors (Lipinski definition) is 4. The minimum absolute atomic E-state index is 0.170. The smallest absolute Gasteiger partial charge is 0.170 e. The van der Waals surface area contributed by atoms with Gasteiger partial charge in [-0.15, -0.1) is 0 Å². The van der Waals surface area contributed by atoms with Gasteiger partial charge in [0.15, 0.2) is 5.11 Å². The molecule has 1 aliphatic heterocycles. The first-order valence-electron chi connectivity index (χ1n) is 9.66. The van der Waals surface area contributed by atoms with Crippen LogP contribution in [0.25, 0.3) is 11.3 Å². The van der Waals surface area contributed by atoms with Crippen LogP contribution >= 0.6 is 35.4 Å². The molecule has 1 aliphatic rings. The molecule has 31 heavy (non-hydrogen) atoms. The fraction of sp³-hybridized carbons (Fsp3) is 0.130. The van der Waals surface area contributed by atoms with Crippen LogP contribution in [0, 0.1) is 0 Å². The van der Waals surface area contributed by atoms with E-state index in [0.29, 0.717) is 27.5 Å². The number of benzene rings is 1. The Morgan fingerprint density at radius 3 is 2.68 bits per heavy atom. The predicted molar refractivity (Wildman–Crippen MR) is 124 cm³/mol. The van der Waals surface area contributed by atoms with Crippen molar-refractivity contribution in [3.05, 3.63) is 100 Å². The molecule has 5 nitrogen and oxygen atoms in total. The van der Waals surface area contributed by atoms with E-state index in [2.05, 4.69) is 15.2 Å². The van der Waals surface area contributed by atoms with Gasteiger partial charge < -0.3 is 19.1 Å². The van der Waals surface area contributed by atoms with Gasteiger partial charge in [-0.05, 0) is 66.8 Å². The van der Waals surface area contributed by atoms with Crippen LogP contribution in [0.1, 0.15) is 29.3 Å². The standard InChI is InChI=1S/C23H17Cl2N3O2S/c24-16-7-6-14(12-17(16)25)19-8-9-20(30-19)22-21(18-5-1-2-10-26-18)27-23(31)28(22)13-15-4-3-11-29-15/h1-12,21-22H,13H2,(H,27,31)/t21-,22-/m1/s1. The van der Waals surface area contributed by atoms with Crippen molar-refractivity contribution in [2.75, 3.05) is 0 Å². The van der Waals surface area contributed by atoms with Crippen LogP contribution in [0.15, 0.2) is 82.0 Å². The van der Waals surface area contributed by atoms with Gasteiger partial charge >= 0.3 is 0 Å². The van der Waals surface area contributed by atoms with Crippen molar-refractivity contribution in [1.82, 2.24) is 15.2 Å². The van der Waals surface area contributed by atoms with Crippen LogP contribution in [0.5, 0.6) is 0 Å². The summed E-state index contributed by atoms with van der Waals surface area (Å²) in [5.41, 5.74) is 1.73. The molecule has 5 rings (SSSR count). The van der Waals surface area contributed by atoms with E-state index in [1.54, 1.807) is 24.6 Å². The Labute approximate surface area is 194 Å². The number of halogens is 2. The molecule has 1 N–H and O–H groups in total. The summed E-state index contributed by atoms with van der Waals surface area (Å²) >= 11 is 17.9. The summed E-state index contributed by atoms with van der Waals surface area (Å²) < 4.78 is 11.9. The van der Waals surface area contributed by atoms with Crippen molar-refractivity contribution in [3.63, 3.8) is 0 Å². The van der Waals surface area contributed by atoms with Gasteiger partial charge in [0.2, 0.25) is 0 Å². The summed E-state index contributed by atoms with van der Waals surface area (Å²) in [5.74, 6) is 2.27. The first kappa shape index (κ1) is 20.1. The molecule has 156 valence electrons. The van der Waals surface area contributed by atoms with Crippen molar-refractivity contribution >= 4 is 40.5 Å². The molecule has 4 aromatic rings. The first-order valence-corrected chi connectivity index (χ1v) is 10.8. The quantitative estimate of drug-likeness (QED) is 0.340. The highest BCUT2D eigenvalue weighted by molar-refractivity contribution is 7.80. The largest absolute Gasteiger partial charge is 0.467 e. The lowest BCUT2D eigenvalue weighted by Crippen LogP contribution is -2.28. The van der Waals surface area contributed by atoms with E-state index in [0.717, 1.165) is 22.8 Å². The Hall–Kier alpha value is -2.80. The lowest BCUT2D eigenvalue weighted by Gasteiger charge is -2.25. The number of nitrogens with one attached hydrogen (secondary N) is 1. The first-order chi connectivity index (χ1) is 15.1. The number of pyridine rings is 1. The molecular formula is C23H17Cl2N3O2S. The molecule has 1 saturated heterocycles. The summed E-state index contributed by atoms with van der Waals surface area (Å²) in [6.07, 6.45) is 3.43. The van der Waals surface area contributed by atoms with Crippen molar-refractivity contribution in [2.24, 2.45) is 0 Å². The highest BCUT2D eigenvalue weighted by Crippen LogP contribution is 2.41. The minimum atomic E-state index is -0.205. The fourth-order valence-corrected chi connectivity index (χ4v) is 4.37. The van der Waals surface area contributed by atoms with E-state index < -0.39 is 0 Å². The van der Waals surface area contributed by atoms with Gasteiger partial charge in [0.25, 0.3) is 0 Å². The molecule has 0 aliphatic carbocycles. The Kier molecular flexibility index (Phi) is 5.44. The van der Waals surface area contributed by atoms with Gasteiger partial charge in [0.05, 0.1) is 34.6 Å². The van der Waals surface area contributed by atoms with Crippen LogP contribution in [0.3, 0.4) is 0 Å². The zero-order valence-corrected chi connectivity index (χ0v) is 18.5. The number of rotatable bonds is 5. The van der Waals surface area contributed by atoms with E-state index in [-0.39, 0.29) is 12.1 Å². The van der Waals surface area contributed by atoms with Crippen LogP contribution in [0.4, 0.5) is 0 Å². The summed E-state index contributed by atoms with van der Waals surface area (Å²) in [6, 6.07) is 18.6. The molecule has 0 unspecified atom stereocenters. The number of thiocarbonyl (C=S) groups is 1. The third kappa shape index (κ3) is 3.94. The maximum atomic E-state index is 6.30. The zero-order chi connectivity index (χ0) is 21.4. The maximum absolute atomic E-state index is 6.30. The number of nitrogens with zero attached hydrogens (tertiary/aromatic N) is 2. The molecule has 8 heteroatoms. The van der Waals surface area contributed by atoms with Crippen LogP contribution < -0.4 is 5.32 Å². The average Bonchev–Trinajstić information content (AvgIpc) is 3.52. The monoisotopic (exact) mass is 469 g/mol. The van der Waals surface area contributed by atoms with Crippen molar-refractivity contribution in [2.45, 2.75) is 18.6 Å². The number of hydrogen-bond donors (Lipinski definition) is 1. The van der Waals surface area contributed by atoms with Crippen molar-refractivity contribution < 1.29 is 8.83 Å².